The van der Waals surface area contributed by atoms with Crippen LogP contribution in [0.4, 0.5) is 0 Å². The molecule has 0 atom stereocenters. The number of hydrogen-bond donors (Lipinski definition) is 0. The molecule has 19 heavy (non-hydrogen) atoms. The van der Waals surface area contributed by atoms with Gasteiger partial charge in [-0.15, -0.1) is 0 Å². The van der Waals surface area contributed by atoms with Crippen molar-refractivity contribution in [3.63, 3.8) is 0 Å². The number of carbonyl (C=O) groups is 1. The van der Waals surface area contributed by atoms with Crippen LogP contribution in [-0.4, -0.2) is 22.4 Å². The summed E-state index contributed by atoms with van der Waals surface area (Å²) in [5.74, 6) is 0.161. The number of carbonyl (C=O) groups excluding carboxylic acids is 1. The fourth-order valence-electron chi connectivity index (χ4n) is 2.25. The fraction of sp³-hybridized carbons (Fsp3) is 0.333. The lowest BCUT2D eigenvalue weighted by atomic mass is 10.1. The molecule has 0 amide bonds. The molecule has 0 saturated heterocycles. The van der Waals surface area contributed by atoms with E-state index in [2.05, 4.69) is 5.10 Å². The largest absolute Gasteiger partial charge is 0.462 e. The molecule has 1 saturated carbocycles. The first kappa shape index (κ1) is 12.0. The van der Waals surface area contributed by atoms with Crippen LogP contribution in [0.1, 0.15) is 41.7 Å². The van der Waals surface area contributed by atoms with Crippen molar-refractivity contribution in [3.05, 3.63) is 47.8 Å². The van der Waals surface area contributed by atoms with Crippen LogP contribution in [0.15, 0.2) is 36.5 Å². The number of para-hydroxylation sites is 1. The Morgan fingerprint density at radius 1 is 1.37 bits per heavy atom. The van der Waals surface area contributed by atoms with Gasteiger partial charge < -0.3 is 4.74 Å². The topological polar surface area (TPSA) is 44.1 Å². The lowest BCUT2D eigenvalue weighted by molar-refractivity contribution is 0.0525. The zero-order chi connectivity index (χ0) is 13.2. The summed E-state index contributed by atoms with van der Waals surface area (Å²) >= 11 is 0. The molecule has 1 heterocycles. The Morgan fingerprint density at radius 3 is 2.74 bits per heavy atom. The predicted octanol–water partition coefficient (Wildman–Crippen LogP) is 2.93. The van der Waals surface area contributed by atoms with E-state index in [4.69, 9.17) is 4.74 Å². The molecule has 1 aliphatic carbocycles. The summed E-state index contributed by atoms with van der Waals surface area (Å²) in [6.45, 7) is 2.20. The third-order valence-corrected chi connectivity index (χ3v) is 3.27. The first-order chi connectivity index (χ1) is 9.31. The second kappa shape index (κ2) is 4.88. The second-order valence-corrected chi connectivity index (χ2v) is 4.69. The predicted molar refractivity (Wildman–Crippen MR) is 71.5 cm³/mol. The molecule has 0 bridgehead atoms. The summed E-state index contributed by atoms with van der Waals surface area (Å²) < 4.78 is 6.97. The highest BCUT2D eigenvalue weighted by atomic mass is 16.5. The number of hydrogen-bond acceptors (Lipinski definition) is 3. The van der Waals surface area contributed by atoms with Crippen LogP contribution in [0, 0.1) is 0 Å². The fourth-order valence-corrected chi connectivity index (χ4v) is 2.25. The standard InChI is InChI=1S/C15H16N2O2/c1-2-19-15(18)13-10-16-17(14(13)11-8-9-11)12-6-4-3-5-7-12/h3-7,10-11H,2,8-9H2,1H3. The highest BCUT2D eigenvalue weighted by Gasteiger charge is 2.33. The minimum absolute atomic E-state index is 0.272. The average molecular weight is 256 g/mol. The number of ether oxygens (including phenoxy) is 1. The Balaban J connectivity index is 2.04. The summed E-state index contributed by atoms with van der Waals surface area (Å²) in [4.78, 5) is 12.0. The highest BCUT2D eigenvalue weighted by Crippen LogP contribution is 2.42. The Hall–Kier alpha value is -2.10. The number of aromatic nitrogens is 2. The molecule has 0 radical (unpaired) electrons. The molecule has 1 aromatic carbocycles. The van der Waals surface area contributed by atoms with E-state index in [9.17, 15) is 4.79 Å². The first-order valence-electron chi connectivity index (χ1n) is 6.61. The van der Waals surface area contributed by atoms with Crippen molar-refractivity contribution in [2.45, 2.75) is 25.7 Å². The molecule has 1 fully saturated rings. The third kappa shape index (κ3) is 2.26. The van der Waals surface area contributed by atoms with E-state index in [0.717, 1.165) is 24.2 Å². The first-order valence-corrected chi connectivity index (χ1v) is 6.61. The summed E-state index contributed by atoms with van der Waals surface area (Å²) in [6, 6.07) is 9.90. The van der Waals surface area contributed by atoms with Crippen LogP contribution in [0.3, 0.4) is 0 Å². The van der Waals surface area contributed by atoms with E-state index in [0.29, 0.717) is 18.1 Å². The highest BCUT2D eigenvalue weighted by molar-refractivity contribution is 5.91. The van der Waals surface area contributed by atoms with Crippen molar-refractivity contribution in [2.75, 3.05) is 6.61 Å². The number of rotatable bonds is 4. The molecule has 0 N–H and O–H groups in total. The molecule has 1 aliphatic rings. The average Bonchev–Trinajstić information content (AvgIpc) is 3.18. The van der Waals surface area contributed by atoms with Gasteiger partial charge in [-0.05, 0) is 31.9 Å². The van der Waals surface area contributed by atoms with Gasteiger partial charge in [0.25, 0.3) is 0 Å². The molecule has 2 aromatic rings. The molecule has 0 aliphatic heterocycles. The molecule has 0 unspecified atom stereocenters. The van der Waals surface area contributed by atoms with E-state index in [1.807, 2.05) is 41.9 Å². The third-order valence-electron chi connectivity index (χ3n) is 3.27. The molecule has 4 nitrogen and oxygen atoms in total. The maximum atomic E-state index is 12.0. The van der Waals surface area contributed by atoms with Gasteiger partial charge in [-0.1, -0.05) is 18.2 Å². The van der Waals surface area contributed by atoms with Gasteiger partial charge in [0.1, 0.15) is 5.56 Å². The monoisotopic (exact) mass is 256 g/mol. The van der Waals surface area contributed by atoms with Crippen LogP contribution in [0.25, 0.3) is 5.69 Å². The molecule has 3 rings (SSSR count). The van der Waals surface area contributed by atoms with E-state index < -0.39 is 0 Å². The van der Waals surface area contributed by atoms with Gasteiger partial charge in [-0.3, -0.25) is 0 Å². The maximum Gasteiger partial charge on any atom is 0.341 e. The van der Waals surface area contributed by atoms with E-state index in [1.54, 1.807) is 6.20 Å². The normalized spacial score (nSPS) is 14.4. The quantitative estimate of drug-likeness (QED) is 0.790. The molecule has 98 valence electrons. The molecule has 4 heteroatoms. The van der Waals surface area contributed by atoms with Crippen molar-refractivity contribution >= 4 is 5.97 Å². The van der Waals surface area contributed by atoms with Gasteiger partial charge in [0.05, 0.1) is 24.2 Å². The minimum Gasteiger partial charge on any atom is -0.462 e. The van der Waals surface area contributed by atoms with Crippen molar-refractivity contribution < 1.29 is 9.53 Å². The van der Waals surface area contributed by atoms with Crippen LogP contribution in [0.5, 0.6) is 0 Å². The van der Waals surface area contributed by atoms with Crippen LogP contribution >= 0.6 is 0 Å². The zero-order valence-electron chi connectivity index (χ0n) is 10.9. The molecule has 0 spiro atoms. The van der Waals surface area contributed by atoms with Crippen molar-refractivity contribution in [2.24, 2.45) is 0 Å². The summed E-state index contributed by atoms with van der Waals surface area (Å²) in [6.07, 6.45) is 3.86. The van der Waals surface area contributed by atoms with Gasteiger partial charge in [-0.2, -0.15) is 5.10 Å². The Morgan fingerprint density at radius 2 is 2.11 bits per heavy atom. The Kier molecular flexibility index (Phi) is 3.07. The molecular formula is C15H16N2O2. The van der Waals surface area contributed by atoms with Crippen LogP contribution < -0.4 is 0 Å². The lowest BCUT2D eigenvalue weighted by Crippen LogP contribution is -2.09. The van der Waals surface area contributed by atoms with Crippen LogP contribution in [-0.2, 0) is 4.74 Å². The van der Waals surface area contributed by atoms with Crippen LogP contribution in [0.2, 0.25) is 0 Å². The number of nitrogens with zero attached hydrogens (tertiary/aromatic N) is 2. The summed E-state index contributed by atoms with van der Waals surface area (Å²) in [5.41, 5.74) is 2.58. The van der Waals surface area contributed by atoms with E-state index >= 15 is 0 Å². The van der Waals surface area contributed by atoms with Gasteiger partial charge >= 0.3 is 5.97 Å². The Labute approximate surface area is 112 Å². The molecular weight excluding hydrogens is 240 g/mol. The van der Waals surface area contributed by atoms with Gasteiger partial charge in [0.15, 0.2) is 0 Å². The van der Waals surface area contributed by atoms with Gasteiger partial charge in [-0.25, -0.2) is 9.48 Å². The maximum absolute atomic E-state index is 12.0. The van der Waals surface area contributed by atoms with E-state index in [-0.39, 0.29) is 5.97 Å². The smallest absolute Gasteiger partial charge is 0.341 e. The lowest BCUT2D eigenvalue weighted by Gasteiger charge is -2.08. The van der Waals surface area contributed by atoms with E-state index in [1.165, 1.54) is 0 Å². The van der Waals surface area contributed by atoms with Crippen molar-refractivity contribution in [1.82, 2.24) is 9.78 Å². The number of esters is 1. The SMILES string of the molecule is CCOC(=O)c1cnn(-c2ccccc2)c1C1CC1. The van der Waals surface area contributed by atoms with Gasteiger partial charge in [0, 0.05) is 5.92 Å². The summed E-state index contributed by atoms with van der Waals surface area (Å²) in [5, 5.41) is 4.37. The van der Waals surface area contributed by atoms with Gasteiger partial charge in [0.2, 0.25) is 0 Å². The number of benzene rings is 1. The summed E-state index contributed by atoms with van der Waals surface area (Å²) in [7, 11) is 0. The zero-order valence-corrected chi connectivity index (χ0v) is 10.9. The minimum atomic E-state index is -0.272. The second-order valence-electron chi connectivity index (χ2n) is 4.69. The van der Waals surface area contributed by atoms with Crippen molar-refractivity contribution in [3.8, 4) is 5.69 Å². The van der Waals surface area contributed by atoms with Crippen molar-refractivity contribution in [1.29, 1.82) is 0 Å². The molecule has 1 aromatic heterocycles. The Bertz CT molecular complexity index is 585.